The van der Waals surface area contributed by atoms with Gasteiger partial charge in [0.25, 0.3) is 0 Å². The van der Waals surface area contributed by atoms with Crippen LogP contribution in [0.5, 0.6) is 0 Å². The minimum Gasteiger partial charge on any atom is -0.395 e. The van der Waals surface area contributed by atoms with E-state index in [4.69, 9.17) is 0 Å². The standard InChI is InChI=1S/C15H27N3O/c1-6-13(7-2)18(8-9-19)15-16-12(5)10-14(17-15)11(3)4/h10-11,13,19H,6-9H2,1-5H3. The zero-order valence-electron chi connectivity index (χ0n) is 12.8. The van der Waals surface area contributed by atoms with Gasteiger partial charge in [-0.25, -0.2) is 9.97 Å². The molecular weight excluding hydrogens is 238 g/mol. The van der Waals surface area contributed by atoms with Gasteiger partial charge in [-0.3, -0.25) is 0 Å². The monoisotopic (exact) mass is 265 g/mol. The molecule has 0 aliphatic heterocycles. The maximum Gasteiger partial charge on any atom is 0.226 e. The molecule has 0 saturated carbocycles. The molecule has 0 aliphatic carbocycles. The van der Waals surface area contributed by atoms with Crippen LogP contribution in [0.15, 0.2) is 6.07 Å². The van der Waals surface area contributed by atoms with Gasteiger partial charge in [0.1, 0.15) is 0 Å². The van der Waals surface area contributed by atoms with E-state index in [0.717, 1.165) is 30.2 Å². The minimum absolute atomic E-state index is 0.130. The summed E-state index contributed by atoms with van der Waals surface area (Å²) in [7, 11) is 0. The van der Waals surface area contributed by atoms with Crippen molar-refractivity contribution < 1.29 is 5.11 Å². The SMILES string of the molecule is CCC(CC)N(CCO)c1nc(C)cc(C(C)C)n1. The Bertz CT molecular complexity index is 389. The highest BCUT2D eigenvalue weighted by Crippen LogP contribution is 2.20. The first-order valence-corrected chi connectivity index (χ1v) is 7.26. The van der Waals surface area contributed by atoms with Crippen molar-refractivity contribution in [3.63, 3.8) is 0 Å². The van der Waals surface area contributed by atoms with Crippen molar-refractivity contribution >= 4 is 5.95 Å². The van der Waals surface area contributed by atoms with Gasteiger partial charge in [0.2, 0.25) is 5.95 Å². The van der Waals surface area contributed by atoms with Gasteiger partial charge in [-0.05, 0) is 31.7 Å². The van der Waals surface area contributed by atoms with Gasteiger partial charge in [-0.15, -0.1) is 0 Å². The summed E-state index contributed by atoms with van der Waals surface area (Å²) in [5.74, 6) is 1.14. The Kier molecular flexibility index (Phi) is 6.22. The smallest absolute Gasteiger partial charge is 0.226 e. The summed E-state index contributed by atoms with van der Waals surface area (Å²) >= 11 is 0. The molecular formula is C15H27N3O. The molecule has 0 radical (unpaired) electrons. The van der Waals surface area contributed by atoms with E-state index in [2.05, 4.69) is 42.6 Å². The zero-order valence-corrected chi connectivity index (χ0v) is 12.8. The summed E-state index contributed by atoms with van der Waals surface area (Å²) in [6.45, 7) is 11.3. The third-order valence-electron chi connectivity index (χ3n) is 3.43. The van der Waals surface area contributed by atoms with Crippen LogP contribution in [0.25, 0.3) is 0 Å². The van der Waals surface area contributed by atoms with E-state index in [0.29, 0.717) is 18.5 Å². The van der Waals surface area contributed by atoms with Crippen molar-refractivity contribution in [2.45, 2.75) is 59.4 Å². The molecule has 0 unspecified atom stereocenters. The Hall–Kier alpha value is -1.16. The third-order valence-corrected chi connectivity index (χ3v) is 3.43. The highest BCUT2D eigenvalue weighted by atomic mass is 16.3. The molecule has 1 heterocycles. The summed E-state index contributed by atoms with van der Waals surface area (Å²) in [6, 6.07) is 2.42. The number of aliphatic hydroxyl groups excluding tert-OH is 1. The lowest BCUT2D eigenvalue weighted by atomic mass is 10.1. The van der Waals surface area contributed by atoms with Crippen LogP contribution in [0.1, 0.15) is 57.8 Å². The van der Waals surface area contributed by atoms with Crippen LogP contribution in [-0.4, -0.2) is 34.3 Å². The van der Waals surface area contributed by atoms with E-state index in [1.807, 2.05) is 13.0 Å². The Morgan fingerprint density at radius 2 is 1.84 bits per heavy atom. The van der Waals surface area contributed by atoms with Crippen molar-refractivity contribution in [3.05, 3.63) is 17.5 Å². The number of hydrogen-bond donors (Lipinski definition) is 1. The minimum atomic E-state index is 0.130. The van der Waals surface area contributed by atoms with E-state index >= 15 is 0 Å². The van der Waals surface area contributed by atoms with Gasteiger partial charge in [0.15, 0.2) is 0 Å². The van der Waals surface area contributed by atoms with E-state index in [1.165, 1.54) is 0 Å². The number of aryl methyl sites for hydroxylation is 1. The van der Waals surface area contributed by atoms with E-state index in [1.54, 1.807) is 0 Å². The van der Waals surface area contributed by atoms with Crippen LogP contribution in [-0.2, 0) is 0 Å². The average Bonchev–Trinajstić information content (AvgIpc) is 2.38. The van der Waals surface area contributed by atoms with Crippen LogP contribution >= 0.6 is 0 Å². The predicted molar refractivity (Wildman–Crippen MR) is 79.7 cm³/mol. The van der Waals surface area contributed by atoms with E-state index < -0.39 is 0 Å². The van der Waals surface area contributed by atoms with Crippen LogP contribution in [0, 0.1) is 6.92 Å². The lowest BCUT2D eigenvalue weighted by molar-refractivity contribution is 0.295. The van der Waals surface area contributed by atoms with Crippen LogP contribution < -0.4 is 4.90 Å². The quantitative estimate of drug-likeness (QED) is 0.823. The fourth-order valence-electron chi connectivity index (χ4n) is 2.28. The Balaban J connectivity index is 3.14. The first-order chi connectivity index (χ1) is 9.03. The second kappa shape index (κ2) is 7.43. The molecule has 0 aliphatic rings. The fourth-order valence-corrected chi connectivity index (χ4v) is 2.28. The van der Waals surface area contributed by atoms with Crippen molar-refractivity contribution in [2.24, 2.45) is 0 Å². The van der Waals surface area contributed by atoms with Gasteiger partial charge >= 0.3 is 0 Å². The van der Waals surface area contributed by atoms with Gasteiger partial charge in [-0.2, -0.15) is 0 Å². The summed E-state index contributed by atoms with van der Waals surface area (Å²) in [6.07, 6.45) is 2.07. The Morgan fingerprint density at radius 3 is 2.32 bits per heavy atom. The van der Waals surface area contributed by atoms with Gasteiger partial charge in [0.05, 0.1) is 6.61 Å². The van der Waals surface area contributed by atoms with E-state index in [9.17, 15) is 5.11 Å². The molecule has 4 heteroatoms. The Labute approximate surface area is 116 Å². The Morgan fingerprint density at radius 1 is 1.21 bits per heavy atom. The molecule has 0 aromatic carbocycles. The fraction of sp³-hybridized carbons (Fsp3) is 0.733. The molecule has 0 bridgehead atoms. The number of nitrogens with zero attached hydrogens (tertiary/aromatic N) is 3. The van der Waals surface area contributed by atoms with Gasteiger partial charge < -0.3 is 10.0 Å². The topological polar surface area (TPSA) is 49.2 Å². The highest BCUT2D eigenvalue weighted by molar-refractivity contribution is 5.34. The molecule has 1 aromatic heterocycles. The largest absolute Gasteiger partial charge is 0.395 e. The molecule has 0 spiro atoms. The number of rotatable bonds is 7. The molecule has 0 atom stereocenters. The second-order valence-corrected chi connectivity index (χ2v) is 5.28. The predicted octanol–water partition coefficient (Wildman–Crippen LogP) is 2.90. The number of aliphatic hydroxyl groups is 1. The first kappa shape index (κ1) is 15.9. The van der Waals surface area contributed by atoms with Crippen molar-refractivity contribution in [1.82, 2.24) is 9.97 Å². The molecule has 4 nitrogen and oxygen atoms in total. The molecule has 0 amide bonds. The normalized spacial score (nSPS) is 11.4. The molecule has 19 heavy (non-hydrogen) atoms. The second-order valence-electron chi connectivity index (χ2n) is 5.28. The van der Waals surface area contributed by atoms with Crippen molar-refractivity contribution in [3.8, 4) is 0 Å². The zero-order chi connectivity index (χ0) is 14.4. The number of hydrogen-bond acceptors (Lipinski definition) is 4. The number of aromatic nitrogens is 2. The van der Waals surface area contributed by atoms with E-state index in [-0.39, 0.29) is 6.61 Å². The molecule has 1 aromatic rings. The van der Waals surface area contributed by atoms with Gasteiger partial charge in [0, 0.05) is 24.0 Å². The highest BCUT2D eigenvalue weighted by Gasteiger charge is 2.19. The average molecular weight is 265 g/mol. The summed E-state index contributed by atoms with van der Waals surface area (Å²) in [5, 5.41) is 9.29. The maximum atomic E-state index is 9.29. The van der Waals surface area contributed by atoms with Crippen molar-refractivity contribution in [1.29, 1.82) is 0 Å². The summed E-state index contributed by atoms with van der Waals surface area (Å²) < 4.78 is 0. The maximum absolute atomic E-state index is 9.29. The lowest BCUT2D eigenvalue weighted by Gasteiger charge is -2.30. The van der Waals surface area contributed by atoms with Crippen LogP contribution in [0.4, 0.5) is 5.95 Å². The number of anilines is 1. The lowest BCUT2D eigenvalue weighted by Crippen LogP contribution is -2.38. The molecule has 108 valence electrons. The molecule has 0 saturated heterocycles. The summed E-state index contributed by atoms with van der Waals surface area (Å²) in [5.41, 5.74) is 2.05. The molecule has 1 N–H and O–H groups in total. The summed E-state index contributed by atoms with van der Waals surface area (Å²) in [4.78, 5) is 11.4. The van der Waals surface area contributed by atoms with Gasteiger partial charge in [-0.1, -0.05) is 27.7 Å². The first-order valence-electron chi connectivity index (χ1n) is 7.26. The molecule has 0 fully saturated rings. The van der Waals surface area contributed by atoms with Crippen LogP contribution in [0.2, 0.25) is 0 Å². The third kappa shape index (κ3) is 4.16. The molecule has 1 rings (SSSR count). The van der Waals surface area contributed by atoms with Crippen molar-refractivity contribution in [2.75, 3.05) is 18.1 Å². The van der Waals surface area contributed by atoms with Crippen LogP contribution in [0.3, 0.4) is 0 Å².